The second-order valence-electron chi connectivity index (χ2n) is 4.82. The molecule has 1 heterocycles. The first-order chi connectivity index (χ1) is 10.6. The van der Waals surface area contributed by atoms with Gasteiger partial charge in [0.2, 0.25) is 0 Å². The maximum Gasteiger partial charge on any atom is 0.264 e. The van der Waals surface area contributed by atoms with Gasteiger partial charge in [-0.25, -0.2) is 4.39 Å². The molecule has 0 saturated carbocycles. The van der Waals surface area contributed by atoms with Gasteiger partial charge in [0.15, 0.2) is 6.61 Å². The van der Waals surface area contributed by atoms with Crippen LogP contribution in [0.2, 0.25) is 0 Å². The fourth-order valence-corrected chi connectivity index (χ4v) is 2.25. The molecular formula is C16H12FN3O2. The fraction of sp³-hybridized carbons (Fsp3) is 0.125. The van der Waals surface area contributed by atoms with E-state index in [1.54, 1.807) is 31.3 Å². The van der Waals surface area contributed by atoms with Crippen LogP contribution in [0.15, 0.2) is 36.4 Å². The molecule has 3 rings (SSSR count). The summed E-state index contributed by atoms with van der Waals surface area (Å²) < 4.78 is 18.9. The van der Waals surface area contributed by atoms with Gasteiger partial charge in [-0.2, -0.15) is 5.26 Å². The number of fused-ring (bicyclic) bond motifs is 1. The summed E-state index contributed by atoms with van der Waals surface area (Å²) in [4.78, 5) is 13.2. The molecule has 0 saturated heterocycles. The van der Waals surface area contributed by atoms with Crippen LogP contribution in [0.25, 0.3) is 0 Å². The van der Waals surface area contributed by atoms with Crippen LogP contribution >= 0.6 is 0 Å². The topological polar surface area (TPSA) is 65.4 Å². The van der Waals surface area contributed by atoms with E-state index in [0.29, 0.717) is 22.8 Å². The Morgan fingerprint density at radius 3 is 2.95 bits per heavy atom. The van der Waals surface area contributed by atoms with Crippen molar-refractivity contribution in [3.8, 4) is 11.8 Å². The van der Waals surface area contributed by atoms with Gasteiger partial charge in [0, 0.05) is 12.7 Å². The van der Waals surface area contributed by atoms with E-state index in [1.165, 1.54) is 17.0 Å². The molecule has 6 heteroatoms. The zero-order valence-corrected chi connectivity index (χ0v) is 11.8. The molecule has 1 aliphatic rings. The number of hydrogen-bond acceptors (Lipinski definition) is 4. The van der Waals surface area contributed by atoms with Crippen molar-refractivity contribution in [2.24, 2.45) is 0 Å². The third-order valence-corrected chi connectivity index (χ3v) is 3.45. The highest BCUT2D eigenvalue weighted by atomic mass is 19.1. The Kier molecular flexibility index (Phi) is 3.39. The predicted molar refractivity (Wildman–Crippen MR) is 79.7 cm³/mol. The lowest BCUT2D eigenvalue weighted by Crippen LogP contribution is -2.35. The zero-order valence-electron chi connectivity index (χ0n) is 11.8. The molecule has 0 aliphatic carbocycles. The summed E-state index contributed by atoms with van der Waals surface area (Å²) in [5.41, 5.74) is 1.57. The van der Waals surface area contributed by atoms with Gasteiger partial charge in [-0.3, -0.25) is 4.79 Å². The highest BCUT2D eigenvalue weighted by Gasteiger charge is 2.22. The predicted octanol–water partition coefficient (Wildman–Crippen LogP) is 2.80. The van der Waals surface area contributed by atoms with Crippen LogP contribution in [-0.4, -0.2) is 19.6 Å². The fourth-order valence-electron chi connectivity index (χ4n) is 2.25. The van der Waals surface area contributed by atoms with Gasteiger partial charge in [0.05, 0.1) is 11.4 Å². The van der Waals surface area contributed by atoms with E-state index in [4.69, 9.17) is 10.00 Å². The quantitative estimate of drug-likeness (QED) is 0.925. The van der Waals surface area contributed by atoms with Gasteiger partial charge in [0.1, 0.15) is 23.2 Å². The molecule has 0 unspecified atom stereocenters. The van der Waals surface area contributed by atoms with Crippen LogP contribution in [0.5, 0.6) is 5.75 Å². The molecule has 110 valence electrons. The van der Waals surface area contributed by atoms with E-state index >= 15 is 0 Å². The minimum Gasteiger partial charge on any atom is -0.482 e. The van der Waals surface area contributed by atoms with Gasteiger partial charge in [-0.1, -0.05) is 6.07 Å². The summed E-state index contributed by atoms with van der Waals surface area (Å²) in [7, 11) is 1.66. The first kappa shape index (κ1) is 13.9. The molecule has 2 aromatic carbocycles. The number of ether oxygens (including phenoxy) is 1. The molecule has 2 aromatic rings. The normalized spacial score (nSPS) is 13.1. The van der Waals surface area contributed by atoms with Crippen molar-refractivity contribution in [1.29, 1.82) is 5.26 Å². The number of nitriles is 1. The molecule has 0 atom stereocenters. The molecule has 0 fully saturated rings. The smallest absolute Gasteiger partial charge is 0.264 e. The molecule has 1 aliphatic heterocycles. The summed E-state index contributed by atoms with van der Waals surface area (Å²) in [5, 5.41) is 12.0. The number of halogens is 1. The van der Waals surface area contributed by atoms with E-state index < -0.39 is 5.82 Å². The highest BCUT2D eigenvalue weighted by Crippen LogP contribution is 2.35. The molecule has 22 heavy (non-hydrogen) atoms. The number of nitrogens with one attached hydrogen (secondary N) is 1. The second-order valence-corrected chi connectivity index (χ2v) is 4.82. The van der Waals surface area contributed by atoms with E-state index in [0.717, 1.165) is 0 Å². The van der Waals surface area contributed by atoms with Crippen LogP contribution in [0, 0.1) is 17.1 Å². The SMILES string of the molecule is CN1C(=O)COc2ccc(Nc3cccc(F)c3C#N)cc21. The van der Waals surface area contributed by atoms with Crippen LogP contribution in [0.1, 0.15) is 5.56 Å². The number of nitrogens with zero attached hydrogens (tertiary/aromatic N) is 2. The molecule has 5 nitrogen and oxygen atoms in total. The Balaban J connectivity index is 1.97. The van der Waals surface area contributed by atoms with Crippen molar-refractivity contribution in [3.05, 3.63) is 47.8 Å². The summed E-state index contributed by atoms with van der Waals surface area (Å²) in [6, 6.07) is 11.4. The summed E-state index contributed by atoms with van der Waals surface area (Å²) in [6.07, 6.45) is 0. The minimum absolute atomic E-state index is 0.0127. The Hall–Kier alpha value is -3.07. The molecule has 0 spiro atoms. The molecule has 1 amide bonds. The lowest BCUT2D eigenvalue weighted by atomic mass is 10.1. The number of hydrogen-bond donors (Lipinski definition) is 1. The van der Waals surface area contributed by atoms with Gasteiger partial charge in [0.25, 0.3) is 5.91 Å². The first-order valence-corrected chi connectivity index (χ1v) is 6.59. The number of rotatable bonds is 2. The standard InChI is InChI=1S/C16H12FN3O2/c1-20-14-7-10(5-6-15(14)22-9-16(20)21)19-13-4-2-3-12(17)11(13)8-18/h2-7,19H,9H2,1H3. The summed E-state index contributed by atoms with van der Waals surface area (Å²) >= 11 is 0. The van der Waals surface area contributed by atoms with Crippen LogP contribution < -0.4 is 15.0 Å². The largest absolute Gasteiger partial charge is 0.482 e. The highest BCUT2D eigenvalue weighted by molar-refractivity contribution is 5.98. The van der Waals surface area contributed by atoms with E-state index in [2.05, 4.69) is 5.32 Å². The summed E-state index contributed by atoms with van der Waals surface area (Å²) in [6.45, 7) is 0.0127. The second kappa shape index (κ2) is 5.37. The Bertz CT molecular complexity index is 798. The molecule has 0 bridgehead atoms. The maximum absolute atomic E-state index is 13.6. The van der Waals surface area contributed by atoms with Crippen LogP contribution in [0.3, 0.4) is 0 Å². The van der Waals surface area contributed by atoms with Crippen LogP contribution in [-0.2, 0) is 4.79 Å². The molecule has 1 N–H and O–H groups in total. The number of carbonyl (C=O) groups is 1. The molecule has 0 radical (unpaired) electrons. The number of amides is 1. The third kappa shape index (κ3) is 2.33. The maximum atomic E-state index is 13.6. The molecule has 0 aromatic heterocycles. The monoisotopic (exact) mass is 297 g/mol. The van der Waals surface area contributed by atoms with Crippen molar-refractivity contribution in [3.63, 3.8) is 0 Å². The third-order valence-electron chi connectivity index (χ3n) is 3.45. The average molecular weight is 297 g/mol. The average Bonchev–Trinajstić information content (AvgIpc) is 2.52. The van der Waals surface area contributed by atoms with Crippen molar-refractivity contribution in [2.45, 2.75) is 0 Å². The Morgan fingerprint density at radius 1 is 1.36 bits per heavy atom. The Morgan fingerprint density at radius 2 is 2.18 bits per heavy atom. The number of likely N-dealkylation sites (N-methyl/N-ethyl adjacent to an activating group) is 1. The molecular weight excluding hydrogens is 285 g/mol. The first-order valence-electron chi connectivity index (χ1n) is 6.59. The van der Waals surface area contributed by atoms with Gasteiger partial charge >= 0.3 is 0 Å². The van der Waals surface area contributed by atoms with Crippen molar-refractivity contribution >= 4 is 23.0 Å². The van der Waals surface area contributed by atoms with Crippen LogP contribution in [0.4, 0.5) is 21.5 Å². The van der Waals surface area contributed by atoms with E-state index in [9.17, 15) is 9.18 Å². The summed E-state index contributed by atoms with van der Waals surface area (Å²) in [5.74, 6) is -0.124. The lowest BCUT2D eigenvalue weighted by Gasteiger charge is -2.26. The minimum atomic E-state index is -0.582. The number of carbonyl (C=O) groups excluding carboxylic acids is 1. The number of anilines is 3. The van der Waals surface area contributed by atoms with Crippen molar-refractivity contribution < 1.29 is 13.9 Å². The van der Waals surface area contributed by atoms with Gasteiger partial charge in [-0.05, 0) is 30.3 Å². The number of benzene rings is 2. The Labute approximate surface area is 126 Å². The van der Waals surface area contributed by atoms with Crippen molar-refractivity contribution in [2.75, 3.05) is 23.9 Å². The zero-order chi connectivity index (χ0) is 15.7. The van der Waals surface area contributed by atoms with E-state index in [1.807, 2.05) is 6.07 Å². The van der Waals surface area contributed by atoms with Gasteiger partial charge < -0.3 is 15.0 Å². The van der Waals surface area contributed by atoms with Gasteiger partial charge in [-0.15, -0.1) is 0 Å². The van der Waals surface area contributed by atoms with Crippen molar-refractivity contribution in [1.82, 2.24) is 0 Å². The lowest BCUT2D eigenvalue weighted by molar-refractivity contribution is -0.120. The van der Waals surface area contributed by atoms with E-state index in [-0.39, 0.29) is 18.1 Å².